The van der Waals surface area contributed by atoms with Crippen LogP contribution in [0.4, 0.5) is 13.2 Å². The second-order valence-corrected chi connectivity index (χ2v) is 3.61. The van der Waals surface area contributed by atoms with Gasteiger partial charge in [0.1, 0.15) is 5.02 Å². The molecule has 72 valence electrons. The molecule has 0 fully saturated rings. The molecule has 0 bridgehead atoms. The van der Waals surface area contributed by atoms with Gasteiger partial charge in [0.25, 0.3) is 5.56 Å². The molecule has 0 aliphatic rings. The molecule has 1 rings (SSSR count). The molecule has 7 heteroatoms. The third kappa shape index (κ3) is 3.31. The highest BCUT2D eigenvalue weighted by Crippen LogP contribution is 2.36. The molecule has 0 saturated heterocycles. The minimum atomic E-state index is -4.37. The Morgan fingerprint density at radius 2 is 2.08 bits per heavy atom. The highest BCUT2D eigenvalue weighted by molar-refractivity contribution is 8.00. The monoisotopic (exact) mass is 229 g/mol. The van der Waals surface area contributed by atoms with E-state index in [-0.39, 0.29) is 21.7 Å². The van der Waals surface area contributed by atoms with Gasteiger partial charge in [-0.25, -0.2) is 0 Å². The predicted octanol–water partition coefficient (Wildman–Crippen LogP) is 2.64. The predicted molar refractivity (Wildman–Crippen MR) is 44.0 cm³/mol. The number of hydrogen-bond acceptors (Lipinski definition) is 2. The number of alkyl halides is 3. The Bertz CT molecular complexity index is 362. The van der Waals surface area contributed by atoms with Crippen molar-refractivity contribution < 1.29 is 13.2 Å². The first-order valence-corrected chi connectivity index (χ1v) is 4.22. The smallest absolute Gasteiger partial charge is 0.327 e. The summed E-state index contributed by atoms with van der Waals surface area (Å²) in [6, 6.07) is 0.971. The SMILES string of the molecule is O=c1[nH]cc(SC(F)(F)F)cc1Cl. The third-order valence-corrected chi connectivity index (χ3v) is 2.05. The lowest BCUT2D eigenvalue weighted by Crippen LogP contribution is -2.06. The molecular formula is C6H3ClF3NOS. The number of nitrogens with one attached hydrogen (secondary N) is 1. The first-order valence-electron chi connectivity index (χ1n) is 3.02. The van der Waals surface area contributed by atoms with E-state index in [1.807, 2.05) is 0 Å². The normalized spacial score (nSPS) is 11.7. The number of aromatic amines is 1. The molecule has 13 heavy (non-hydrogen) atoms. The van der Waals surface area contributed by atoms with Crippen LogP contribution in [0.15, 0.2) is 22.0 Å². The zero-order chi connectivity index (χ0) is 10.1. The van der Waals surface area contributed by atoms with Gasteiger partial charge in [0.05, 0.1) is 0 Å². The van der Waals surface area contributed by atoms with Crippen molar-refractivity contribution in [3.63, 3.8) is 0 Å². The van der Waals surface area contributed by atoms with E-state index in [1.54, 1.807) is 0 Å². The van der Waals surface area contributed by atoms with Gasteiger partial charge in [-0.2, -0.15) is 13.2 Å². The minimum Gasteiger partial charge on any atom is -0.327 e. The second-order valence-electron chi connectivity index (χ2n) is 2.06. The van der Waals surface area contributed by atoms with E-state index < -0.39 is 11.1 Å². The molecule has 2 nitrogen and oxygen atoms in total. The van der Waals surface area contributed by atoms with Gasteiger partial charge in [0, 0.05) is 11.1 Å². The van der Waals surface area contributed by atoms with Crippen molar-refractivity contribution in [3.8, 4) is 0 Å². The maximum atomic E-state index is 11.8. The van der Waals surface area contributed by atoms with Crippen molar-refractivity contribution in [3.05, 3.63) is 27.6 Å². The number of thioether (sulfide) groups is 1. The molecule has 0 amide bonds. The highest BCUT2D eigenvalue weighted by atomic mass is 35.5. The molecule has 1 aromatic rings. The van der Waals surface area contributed by atoms with Crippen LogP contribution >= 0.6 is 23.4 Å². The highest BCUT2D eigenvalue weighted by Gasteiger charge is 2.29. The molecule has 1 N–H and O–H groups in total. The van der Waals surface area contributed by atoms with E-state index in [1.165, 1.54) is 0 Å². The zero-order valence-corrected chi connectivity index (χ0v) is 7.56. The Kier molecular flexibility index (Phi) is 2.92. The maximum Gasteiger partial charge on any atom is 0.446 e. The van der Waals surface area contributed by atoms with Gasteiger partial charge < -0.3 is 4.98 Å². The van der Waals surface area contributed by atoms with Crippen molar-refractivity contribution in [2.45, 2.75) is 10.4 Å². The number of rotatable bonds is 1. The summed E-state index contributed by atoms with van der Waals surface area (Å²) in [6.45, 7) is 0. The van der Waals surface area contributed by atoms with Crippen molar-refractivity contribution in [1.29, 1.82) is 0 Å². The summed E-state index contributed by atoms with van der Waals surface area (Å²) < 4.78 is 35.4. The standard InChI is InChI=1S/C6H3ClF3NOS/c7-4-1-3(2-11-5(4)12)13-6(8,9)10/h1-2H,(H,11,12). The lowest BCUT2D eigenvalue weighted by atomic mass is 10.5. The third-order valence-electron chi connectivity index (χ3n) is 1.06. The fourth-order valence-electron chi connectivity index (χ4n) is 0.630. The van der Waals surface area contributed by atoms with E-state index in [0.29, 0.717) is 0 Å². The molecule has 0 spiro atoms. The number of aromatic nitrogens is 1. The molecule has 0 aliphatic carbocycles. The summed E-state index contributed by atoms with van der Waals surface area (Å²) in [7, 11) is 0. The van der Waals surface area contributed by atoms with E-state index >= 15 is 0 Å². The Balaban J connectivity index is 2.92. The topological polar surface area (TPSA) is 32.9 Å². The number of pyridine rings is 1. The van der Waals surface area contributed by atoms with Crippen molar-refractivity contribution >= 4 is 23.4 Å². The summed E-state index contributed by atoms with van der Waals surface area (Å²) in [5.41, 5.74) is -4.98. The summed E-state index contributed by atoms with van der Waals surface area (Å²) in [6.07, 6.45) is 0.965. The fraction of sp³-hybridized carbons (Fsp3) is 0.167. The van der Waals surface area contributed by atoms with E-state index in [9.17, 15) is 18.0 Å². The summed E-state index contributed by atoms with van der Waals surface area (Å²) >= 11 is 4.99. The fourth-order valence-corrected chi connectivity index (χ4v) is 1.43. The second kappa shape index (κ2) is 3.63. The van der Waals surface area contributed by atoms with Crippen LogP contribution in [0.1, 0.15) is 0 Å². The Labute approximate surface area is 80.1 Å². The Morgan fingerprint density at radius 1 is 1.46 bits per heavy atom. The molecule has 1 heterocycles. The maximum absolute atomic E-state index is 11.8. The molecule has 1 aromatic heterocycles. The van der Waals surface area contributed by atoms with Crippen LogP contribution in [0.25, 0.3) is 0 Å². The molecule has 0 unspecified atom stereocenters. The van der Waals surface area contributed by atoms with Crippen molar-refractivity contribution in [2.75, 3.05) is 0 Å². The van der Waals surface area contributed by atoms with Crippen LogP contribution in [-0.2, 0) is 0 Å². The van der Waals surface area contributed by atoms with Crippen LogP contribution in [0, 0.1) is 0 Å². The van der Waals surface area contributed by atoms with Crippen LogP contribution < -0.4 is 5.56 Å². The van der Waals surface area contributed by atoms with Gasteiger partial charge in [0.15, 0.2) is 0 Å². The Morgan fingerprint density at radius 3 is 2.54 bits per heavy atom. The van der Waals surface area contributed by atoms with Gasteiger partial charge in [-0.1, -0.05) is 11.6 Å². The van der Waals surface area contributed by atoms with Crippen LogP contribution in [-0.4, -0.2) is 10.5 Å². The van der Waals surface area contributed by atoms with Gasteiger partial charge in [0.2, 0.25) is 0 Å². The average molecular weight is 230 g/mol. The van der Waals surface area contributed by atoms with Gasteiger partial charge in [-0.05, 0) is 17.8 Å². The lowest BCUT2D eigenvalue weighted by molar-refractivity contribution is -0.0328. The molecular weight excluding hydrogens is 227 g/mol. The summed E-state index contributed by atoms with van der Waals surface area (Å²) in [5, 5.41) is -0.255. The number of H-pyrrole nitrogens is 1. The van der Waals surface area contributed by atoms with Crippen molar-refractivity contribution in [2.24, 2.45) is 0 Å². The molecule has 0 radical (unpaired) electrons. The number of hydrogen-bond donors (Lipinski definition) is 1. The summed E-state index contributed by atoms with van der Waals surface area (Å²) in [4.78, 5) is 12.6. The molecule has 0 aromatic carbocycles. The van der Waals surface area contributed by atoms with Gasteiger partial charge in [-0.15, -0.1) is 0 Å². The zero-order valence-electron chi connectivity index (χ0n) is 5.98. The van der Waals surface area contributed by atoms with Gasteiger partial charge in [-0.3, -0.25) is 4.79 Å². The largest absolute Gasteiger partial charge is 0.446 e. The van der Waals surface area contributed by atoms with Crippen LogP contribution in [0.5, 0.6) is 0 Å². The molecule has 0 aliphatic heterocycles. The first-order chi connectivity index (χ1) is 5.88. The van der Waals surface area contributed by atoms with Crippen LogP contribution in [0.3, 0.4) is 0 Å². The first kappa shape index (κ1) is 10.5. The summed E-state index contributed by atoms with van der Waals surface area (Å²) in [5.74, 6) is 0. The Hall–Kier alpha value is -0.620. The van der Waals surface area contributed by atoms with Crippen molar-refractivity contribution in [1.82, 2.24) is 4.98 Å². The minimum absolute atomic E-state index is 0.142. The quantitative estimate of drug-likeness (QED) is 0.751. The van der Waals surface area contributed by atoms with Crippen LogP contribution in [0.2, 0.25) is 5.02 Å². The van der Waals surface area contributed by atoms with E-state index in [2.05, 4.69) is 4.98 Å². The molecule has 0 saturated carbocycles. The average Bonchev–Trinajstić information content (AvgIpc) is 1.94. The molecule has 0 atom stereocenters. The van der Waals surface area contributed by atoms with E-state index in [0.717, 1.165) is 12.3 Å². The van der Waals surface area contributed by atoms with Gasteiger partial charge >= 0.3 is 5.51 Å². The lowest BCUT2D eigenvalue weighted by Gasteiger charge is -2.04. The number of halogens is 4. The van der Waals surface area contributed by atoms with E-state index in [4.69, 9.17) is 11.6 Å².